The second-order valence-electron chi connectivity index (χ2n) is 12.7. The van der Waals surface area contributed by atoms with E-state index >= 15 is 0 Å². The number of methoxy groups -OCH3 is 2. The molecular formula is C46H42N2O2. The normalized spacial score (nSPS) is 14.0. The highest BCUT2D eigenvalue weighted by Crippen LogP contribution is 2.39. The van der Waals surface area contributed by atoms with Gasteiger partial charge in [0.15, 0.2) is 0 Å². The summed E-state index contributed by atoms with van der Waals surface area (Å²) in [4.78, 5) is 4.73. The summed E-state index contributed by atoms with van der Waals surface area (Å²) < 4.78 is 11.0. The SMILES string of the molecule is COC1=CCC(N(c2ccccc2)c2ccc(-c3ccc(-c4ccc(N(c5ccccc5)c5ccc(OC)cc5C)cc4)cc3)cc2)C(C)=C1. The van der Waals surface area contributed by atoms with E-state index in [9.17, 15) is 0 Å². The van der Waals surface area contributed by atoms with Crippen LogP contribution in [0.5, 0.6) is 5.75 Å². The summed E-state index contributed by atoms with van der Waals surface area (Å²) in [5, 5.41) is 0. The molecule has 1 aliphatic carbocycles. The topological polar surface area (TPSA) is 24.9 Å². The summed E-state index contributed by atoms with van der Waals surface area (Å²) in [5.41, 5.74) is 12.8. The molecule has 0 N–H and O–H groups in total. The first-order chi connectivity index (χ1) is 24.5. The molecular weight excluding hydrogens is 613 g/mol. The van der Waals surface area contributed by atoms with Gasteiger partial charge in [-0.3, -0.25) is 0 Å². The van der Waals surface area contributed by atoms with E-state index in [2.05, 4.69) is 181 Å². The number of nitrogens with zero attached hydrogens (tertiary/aromatic N) is 2. The molecule has 0 fully saturated rings. The van der Waals surface area contributed by atoms with Gasteiger partial charge in [0.05, 0.1) is 20.3 Å². The van der Waals surface area contributed by atoms with Gasteiger partial charge in [-0.05, 0) is 133 Å². The molecule has 248 valence electrons. The molecule has 0 aromatic heterocycles. The number of aryl methyl sites for hydroxylation is 1. The van der Waals surface area contributed by atoms with Crippen molar-refractivity contribution < 1.29 is 9.47 Å². The van der Waals surface area contributed by atoms with E-state index in [1.165, 1.54) is 33.5 Å². The van der Waals surface area contributed by atoms with E-state index in [0.717, 1.165) is 46.2 Å². The molecule has 0 spiro atoms. The van der Waals surface area contributed by atoms with Crippen LogP contribution in [0.25, 0.3) is 22.3 Å². The second kappa shape index (κ2) is 14.6. The Morgan fingerprint density at radius 3 is 1.50 bits per heavy atom. The Hall–Kier alpha value is -6.00. The standard InChI is InChI=1S/C46H42N2O2/c1-33-31-43(49-3)27-29-45(33)47(39-11-7-5-8-12-39)41-23-19-37(20-24-41)35-15-17-36(18-16-35)38-21-25-42(26-22-38)48(40-13-9-6-10-14-40)46-30-28-44(50-4)32-34(46)2/h5-29,31-32,46H,30H2,1-4H3. The predicted molar refractivity (Wildman–Crippen MR) is 209 cm³/mol. The van der Waals surface area contributed by atoms with Crippen molar-refractivity contribution in [1.82, 2.24) is 0 Å². The van der Waals surface area contributed by atoms with Crippen LogP contribution in [-0.2, 0) is 4.74 Å². The van der Waals surface area contributed by atoms with Crippen LogP contribution in [0.1, 0.15) is 18.9 Å². The van der Waals surface area contributed by atoms with Crippen molar-refractivity contribution in [2.75, 3.05) is 24.0 Å². The van der Waals surface area contributed by atoms with Gasteiger partial charge in [-0.25, -0.2) is 0 Å². The van der Waals surface area contributed by atoms with Gasteiger partial charge < -0.3 is 19.3 Å². The van der Waals surface area contributed by atoms with Crippen LogP contribution in [0.4, 0.5) is 28.4 Å². The maximum Gasteiger partial charge on any atom is 0.119 e. The lowest BCUT2D eigenvalue weighted by atomic mass is 9.95. The Kier molecular flexibility index (Phi) is 9.52. The largest absolute Gasteiger partial charge is 0.497 e. The molecule has 0 saturated heterocycles. The number of hydrogen-bond acceptors (Lipinski definition) is 4. The van der Waals surface area contributed by atoms with Crippen molar-refractivity contribution in [2.45, 2.75) is 26.3 Å². The number of allylic oxidation sites excluding steroid dienone is 1. The third kappa shape index (κ3) is 6.79. The lowest BCUT2D eigenvalue weighted by Crippen LogP contribution is -2.33. The van der Waals surface area contributed by atoms with E-state index in [-0.39, 0.29) is 6.04 Å². The van der Waals surface area contributed by atoms with Crippen molar-refractivity contribution in [3.8, 4) is 28.0 Å². The summed E-state index contributed by atoms with van der Waals surface area (Å²) >= 11 is 0. The Labute approximate surface area is 296 Å². The number of para-hydroxylation sites is 2. The van der Waals surface area contributed by atoms with Crippen LogP contribution in [0, 0.1) is 6.92 Å². The van der Waals surface area contributed by atoms with E-state index in [1.54, 1.807) is 14.2 Å². The zero-order valence-corrected chi connectivity index (χ0v) is 29.1. The Morgan fingerprint density at radius 1 is 0.520 bits per heavy atom. The molecule has 50 heavy (non-hydrogen) atoms. The first kappa shape index (κ1) is 32.5. The number of benzene rings is 6. The van der Waals surface area contributed by atoms with Crippen LogP contribution in [0.3, 0.4) is 0 Å². The van der Waals surface area contributed by atoms with Gasteiger partial charge in [-0.15, -0.1) is 0 Å². The summed E-state index contributed by atoms with van der Waals surface area (Å²) in [6.45, 7) is 4.32. The molecule has 1 aliphatic rings. The van der Waals surface area contributed by atoms with Gasteiger partial charge in [-0.1, -0.05) is 84.9 Å². The number of rotatable bonds is 10. The van der Waals surface area contributed by atoms with E-state index < -0.39 is 0 Å². The fourth-order valence-corrected chi connectivity index (χ4v) is 6.82. The molecule has 0 radical (unpaired) electrons. The molecule has 0 aliphatic heterocycles. The van der Waals surface area contributed by atoms with Crippen LogP contribution >= 0.6 is 0 Å². The lowest BCUT2D eigenvalue weighted by Gasteiger charge is -2.36. The molecule has 6 aromatic carbocycles. The summed E-state index contributed by atoms with van der Waals surface area (Å²) in [5.74, 6) is 1.79. The first-order valence-corrected chi connectivity index (χ1v) is 17.1. The molecule has 0 saturated carbocycles. The molecule has 0 heterocycles. The highest BCUT2D eigenvalue weighted by Gasteiger charge is 2.24. The minimum absolute atomic E-state index is 0.216. The fourth-order valence-electron chi connectivity index (χ4n) is 6.82. The molecule has 0 amide bonds. The first-order valence-electron chi connectivity index (χ1n) is 17.1. The van der Waals surface area contributed by atoms with Gasteiger partial charge in [0, 0.05) is 28.4 Å². The van der Waals surface area contributed by atoms with Gasteiger partial charge in [0.1, 0.15) is 11.5 Å². The van der Waals surface area contributed by atoms with Crippen LogP contribution in [-0.4, -0.2) is 20.3 Å². The van der Waals surface area contributed by atoms with E-state index in [0.29, 0.717) is 0 Å². The molecule has 4 nitrogen and oxygen atoms in total. The smallest absolute Gasteiger partial charge is 0.119 e. The Morgan fingerprint density at radius 2 is 1.00 bits per heavy atom. The molecule has 7 rings (SSSR count). The van der Waals surface area contributed by atoms with Gasteiger partial charge in [0.25, 0.3) is 0 Å². The molecule has 6 aromatic rings. The monoisotopic (exact) mass is 654 g/mol. The minimum atomic E-state index is 0.216. The summed E-state index contributed by atoms with van der Waals surface area (Å²) in [6, 6.07) is 54.2. The van der Waals surface area contributed by atoms with E-state index in [4.69, 9.17) is 9.47 Å². The maximum atomic E-state index is 5.52. The molecule has 1 unspecified atom stereocenters. The molecule has 1 atom stereocenters. The van der Waals surface area contributed by atoms with E-state index in [1.807, 2.05) is 6.07 Å². The van der Waals surface area contributed by atoms with Crippen LogP contribution in [0.15, 0.2) is 175 Å². The Balaban J connectivity index is 1.12. The Bertz CT molecular complexity index is 2100. The average Bonchev–Trinajstić information content (AvgIpc) is 3.18. The van der Waals surface area contributed by atoms with Gasteiger partial charge in [0.2, 0.25) is 0 Å². The zero-order valence-electron chi connectivity index (χ0n) is 29.1. The lowest BCUT2D eigenvalue weighted by molar-refractivity contribution is 0.302. The fraction of sp³-hybridized carbons (Fsp3) is 0.130. The summed E-state index contributed by atoms with van der Waals surface area (Å²) in [7, 11) is 3.44. The average molecular weight is 655 g/mol. The number of ether oxygens (including phenoxy) is 2. The third-order valence-corrected chi connectivity index (χ3v) is 9.50. The van der Waals surface area contributed by atoms with Crippen molar-refractivity contribution in [1.29, 1.82) is 0 Å². The van der Waals surface area contributed by atoms with Crippen molar-refractivity contribution in [3.05, 3.63) is 181 Å². The molecule has 4 heteroatoms. The van der Waals surface area contributed by atoms with Crippen LogP contribution < -0.4 is 14.5 Å². The van der Waals surface area contributed by atoms with Crippen molar-refractivity contribution in [3.63, 3.8) is 0 Å². The van der Waals surface area contributed by atoms with Gasteiger partial charge >= 0.3 is 0 Å². The van der Waals surface area contributed by atoms with Crippen molar-refractivity contribution in [2.24, 2.45) is 0 Å². The highest BCUT2D eigenvalue weighted by atomic mass is 16.5. The number of hydrogen-bond donors (Lipinski definition) is 0. The van der Waals surface area contributed by atoms with Gasteiger partial charge in [-0.2, -0.15) is 0 Å². The number of anilines is 5. The quantitative estimate of drug-likeness (QED) is 0.147. The predicted octanol–water partition coefficient (Wildman–Crippen LogP) is 12.2. The van der Waals surface area contributed by atoms with Crippen LogP contribution in [0.2, 0.25) is 0 Å². The maximum absolute atomic E-state index is 5.52. The second-order valence-corrected chi connectivity index (χ2v) is 12.7. The minimum Gasteiger partial charge on any atom is -0.497 e. The summed E-state index contributed by atoms with van der Waals surface area (Å²) in [6.07, 6.45) is 5.21. The molecule has 0 bridgehead atoms. The zero-order chi connectivity index (χ0) is 34.5. The highest BCUT2D eigenvalue weighted by molar-refractivity contribution is 5.81. The third-order valence-electron chi connectivity index (χ3n) is 9.50. The van der Waals surface area contributed by atoms with Crippen molar-refractivity contribution >= 4 is 28.4 Å².